The molecule has 1 nitrogen and oxygen atoms in total. The quantitative estimate of drug-likeness (QED) is 0.690. The van der Waals surface area contributed by atoms with Gasteiger partial charge in [0.1, 0.15) is 5.82 Å². The lowest BCUT2D eigenvalue weighted by Crippen LogP contribution is -2.23. The molecule has 1 heterocycles. The maximum Gasteiger partial charge on any atom is 0.124 e. The first-order valence-corrected chi connectivity index (χ1v) is 8.55. The number of thiophene rings is 1. The highest BCUT2D eigenvalue weighted by Crippen LogP contribution is 2.33. The third kappa shape index (κ3) is 3.88. The molecule has 1 unspecified atom stereocenters. The minimum atomic E-state index is -0.223. The van der Waals surface area contributed by atoms with Crippen LogP contribution in [0.5, 0.6) is 0 Å². The number of hydrogen-bond acceptors (Lipinski definition) is 2. The number of hydrogen-bond donors (Lipinski definition) is 1. The molecule has 1 aromatic carbocycles. The van der Waals surface area contributed by atoms with Crippen LogP contribution in [0, 0.1) is 5.82 Å². The zero-order chi connectivity index (χ0) is 13.8. The normalized spacial score (nSPS) is 12.6. The average Bonchev–Trinajstić information content (AvgIpc) is 2.75. The van der Waals surface area contributed by atoms with Crippen LogP contribution in [-0.4, -0.2) is 6.54 Å². The highest BCUT2D eigenvalue weighted by molar-refractivity contribution is 9.10. The number of rotatable bonds is 5. The van der Waals surface area contributed by atoms with Gasteiger partial charge in [0.2, 0.25) is 0 Å². The largest absolute Gasteiger partial charge is 0.306 e. The third-order valence-corrected chi connectivity index (χ3v) is 4.98. The maximum atomic E-state index is 13.6. The molecule has 0 spiro atoms. The van der Waals surface area contributed by atoms with Crippen molar-refractivity contribution in [3.8, 4) is 0 Å². The monoisotopic (exact) mass is 405 g/mol. The maximum absolute atomic E-state index is 13.6. The van der Waals surface area contributed by atoms with E-state index in [1.807, 2.05) is 11.4 Å². The van der Waals surface area contributed by atoms with Gasteiger partial charge in [-0.1, -0.05) is 22.9 Å². The van der Waals surface area contributed by atoms with Crippen molar-refractivity contribution in [3.63, 3.8) is 0 Å². The van der Waals surface area contributed by atoms with Crippen LogP contribution in [0.15, 0.2) is 37.9 Å². The lowest BCUT2D eigenvalue weighted by atomic mass is 10.0. The summed E-state index contributed by atoms with van der Waals surface area (Å²) in [5.41, 5.74) is 2.08. The molecule has 0 aliphatic rings. The topological polar surface area (TPSA) is 12.0 Å². The highest BCUT2D eigenvalue weighted by Gasteiger charge is 2.18. The Bertz CT molecular complexity index is 536. The lowest BCUT2D eigenvalue weighted by molar-refractivity contribution is 0.585. The summed E-state index contributed by atoms with van der Waals surface area (Å²) in [5, 5.41) is 7.61. The minimum Gasteiger partial charge on any atom is -0.306 e. The molecule has 0 bridgehead atoms. The zero-order valence-corrected chi connectivity index (χ0v) is 14.4. The Morgan fingerprint density at radius 2 is 2.05 bits per heavy atom. The van der Waals surface area contributed by atoms with Crippen LogP contribution in [-0.2, 0) is 0 Å². The molecule has 2 aromatic rings. The predicted octanol–water partition coefficient (Wildman–Crippen LogP) is 5.50. The van der Waals surface area contributed by atoms with E-state index in [0.29, 0.717) is 0 Å². The number of nitrogens with one attached hydrogen (secondary N) is 1. The molecule has 5 heteroatoms. The van der Waals surface area contributed by atoms with E-state index < -0.39 is 0 Å². The van der Waals surface area contributed by atoms with Crippen LogP contribution in [0.2, 0.25) is 0 Å². The van der Waals surface area contributed by atoms with E-state index in [9.17, 15) is 4.39 Å². The van der Waals surface area contributed by atoms with Crippen molar-refractivity contribution in [2.24, 2.45) is 0 Å². The second-order valence-electron chi connectivity index (χ2n) is 4.26. The van der Waals surface area contributed by atoms with Crippen LogP contribution in [0.25, 0.3) is 0 Å². The molecule has 0 saturated carbocycles. The molecule has 2 rings (SSSR count). The Morgan fingerprint density at radius 1 is 1.26 bits per heavy atom. The summed E-state index contributed by atoms with van der Waals surface area (Å²) in [6.45, 7) is 3.01. The number of halogens is 3. The molecule has 1 aromatic heterocycles. The van der Waals surface area contributed by atoms with Crippen molar-refractivity contribution >= 4 is 43.2 Å². The Balaban J connectivity index is 2.39. The van der Waals surface area contributed by atoms with Gasteiger partial charge in [0.05, 0.1) is 6.04 Å². The van der Waals surface area contributed by atoms with Gasteiger partial charge in [-0.25, -0.2) is 4.39 Å². The molecule has 19 heavy (non-hydrogen) atoms. The van der Waals surface area contributed by atoms with Gasteiger partial charge in [-0.15, -0.1) is 0 Å². The average molecular weight is 407 g/mol. The van der Waals surface area contributed by atoms with Crippen LogP contribution in [0.3, 0.4) is 0 Å². The van der Waals surface area contributed by atoms with E-state index in [1.54, 1.807) is 17.4 Å². The molecule has 102 valence electrons. The summed E-state index contributed by atoms with van der Waals surface area (Å²) in [7, 11) is 0. The number of benzene rings is 1. The van der Waals surface area contributed by atoms with Crippen LogP contribution < -0.4 is 5.32 Å². The highest BCUT2D eigenvalue weighted by atomic mass is 79.9. The Labute approximate surface area is 133 Å². The Kier molecular flexibility index (Phi) is 5.57. The predicted molar refractivity (Wildman–Crippen MR) is 86.3 cm³/mol. The standard InChI is InChI=1S/C14H14Br2FNS/c1-2-3-18-14(12-7-19-8-13(12)16)9-4-10(15)6-11(17)5-9/h4-8,14,18H,2-3H2,1H3. The van der Waals surface area contributed by atoms with E-state index in [2.05, 4.69) is 49.5 Å². The van der Waals surface area contributed by atoms with Crippen LogP contribution in [0.1, 0.15) is 30.5 Å². The summed E-state index contributed by atoms with van der Waals surface area (Å²) >= 11 is 8.55. The first-order valence-electron chi connectivity index (χ1n) is 6.02. The van der Waals surface area contributed by atoms with Gasteiger partial charge in [0.15, 0.2) is 0 Å². The minimum absolute atomic E-state index is 0.00701. The van der Waals surface area contributed by atoms with Gasteiger partial charge in [0, 0.05) is 14.3 Å². The van der Waals surface area contributed by atoms with Gasteiger partial charge in [0.25, 0.3) is 0 Å². The summed E-state index contributed by atoms with van der Waals surface area (Å²) in [6, 6.07) is 5.03. The second-order valence-corrected chi connectivity index (χ2v) is 6.78. The van der Waals surface area contributed by atoms with Crippen molar-refractivity contribution < 1.29 is 4.39 Å². The van der Waals surface area contributed by atoms with Crippen molar-refractivity contribution in [3.05, 3.63) is 54.8 Å². The van der Waals surface area contributed by atoms with Crippen LogP contribution >= 0.6 is 43.2 Å². The fraction of sp³-hybridized carbons (Fsp3) is 0.286. The first kappa shape index (κ1) is 15.2. The molecular weight excluding hydrogens is 393 g/mol. The molecule has 0 aliphatic heterocycles. The van der Waals surface area contributed by atoms with E-state index in [4.69, 9.17) is 0 Å². The van der Waals surface area contributed by atoms with E-state index in [0.717, 1.165) is 33.0 Å². The van der Waals surface area contributed by atoms with Gasteiger partial charge in [-0.05, 0) is 63.6 Å². The first-order chi connectivity index (χ1) is 9.11. The fourth-order valence-electron chi connectivity index (χ4n) is 1.94. The summed E-state index contributed by atoms with van der Waals surface area (Å²) in [4.78, 5) is 0. The summed E-state index contributed by atoms with van der Waals surface area (Å²) in [5.74, 6) is -0.223. The molecule has 0 fully saturated rings. The molecule has 1 atom stereocenters. The SMILES string of the molecule is CCCNC(c1cc(F)cc(Br)c1)c1cscc1Br. The summed E-state index contributed by atoms with van der Waals surface area (Å²) < 4.78 is 15.4. The second kappa shape index (κ2) is 6.97. The van der Waals surface area contributed by atoms with Crippen molar-refractivity contribution in [2.75, 3.05) is 6.54 Å². The smallest absolute Gasteiger partial charge is 0.124 e. The van der Waals surface area contributed by atoms with Gasteiger partial charge < -0.3 is 5.32 Å². The van der Waals surface area contributed by atoms with Crippen molar-refractivity contribution in [1.82, 2.24) is 5.32 Å². The molecule has 0 radical (unpaired) electrons. The van der Waals surface area contributed by atoms with E-state index in [-0.39, 0.29) is 11.9 Å². The van der Waals surface area contributed by atoms with Gasteiger partial charge >= 0.3 is 0 Å². The van der Waals surface area contributed by atoms with Gasteiger partial charge in [-0.2, -0.15) is 11.3 Å². The van der Waals surface area contributed by atoms with E-state index in [1.165, 1.54) is 6.07 Å². The van der Waals surface area contributed by atoms with Crippen molar-refractivity contribution in [2.45, 2.75) is 19.4 Å². The zero-order valence-electron chi connectivity index (χ0n) is 10.4. The Hall–Kier alpha value is -0.230. The molecule has 0 saturated heterocycles. The van der Waals surface area contributed by atoms with Crippen molar-refractivity contribution in [1.29, 1.82) is 0 Å². The van der Waals surface area contributed by atoms with E-state index >= 15 is 0 Å². The fourth-order valence-corrected chi connectivity index (χ4v) is 3.97. The molecule has 0 amide bonds. The molecule has 0 aliphatic carbocycles. The molecule has 1 N–H and O–H groups in total. The lowest BCUT2D eigenvalue weighted by Gasteiger charge is -2.19. The molecular formula is C14H14Br2FNS. The summed E-state index contributed by atoms with van der Waals surface area (Å²) in [6.07, 6.45) is 1.04. The van der Waals surface area contributed by atoms with Crippen LogP contribution in [0.4, 0.5) is 4.39 Å². The Morgan fingerprint density at radius 3 is 2.63 bits per heavy atom. The van der Waals surface area contributed by atoms with Gasteiger partial charge in [-0.3, -0.25) is 0 Å². The third-order valence-electron chi connectivity index (χ3n) is 2.77.